The average molecular weight is 460 g/mol. The van der Waals surface area contributed by atoms with E-state index in [1.54, 1.807) is 23.7 Å². The predicted octanol–water partition coefficient (Wildman–Crippen LogP) is 3.34. The molecule has 2 aromatic rings. The Morgan fingerprint density at radius 3 is 2.93 bits per heavy atom. The van der Waals surface area contributed by atoms with Gasteiger partial charge in [0.1, 0.15) is 17.5 Å². The van der Waals surface area contributed by atoms with Crippen LogP contribution in [0.5, 0.6) is 5.75 Å². The summed E-state index contributed by atoms with van der Waals surface area (Å²) in [6.07, 6.45) is 6.07. The van der Waals surface area contributed by atoms with E-state index in [0.717, 1.165) is 43.8 Å². The van der Waals surface area contributed by atoms with Gasteiger partial charge in [-0.25, -0.2) is 0 Å². The molecule has 29 heavy (non-hydrogen) atoms. The minimum absolute atomic E-state index is 0. The van der Waals surface area contributed by atoms with Crippen molar-refractivity contribution in [3.05, 3.63) is 45.9 Å². The first-order valence-electron chi connectivity index (χ1n) is 9.49. The molecular formula is C20H27Cl2N3O3S. The number of rotatable bonds is 5. The molecule has 1 unspecified atom stereocenters. The topological polar surface area (TPSA) is 72.5 Å². The lowest BCUT2D eigenvalue weighted by atomic mass is 9.86. The van der Waals surface area contributed by atoms with Crippen LogP contribution in [0.2, 0.25) is 0 Å². The van der Waals surface area contributed by atoms with Crippen LogP contribution in [0.15, 0.2) is 30.6 Å². The lowest BCUT2D eigenvalue weighted by molar-refractivity contribution is -0.0771. The van der Waals surface area contributed by atoms with Gasteiger partial charge in [0.05, 0.1) is 24.2 Å². The van der Waals surface area contributed by atoms with Gasteiger partial charge in [0, 0.05) is 11.1 Å². The number of halogens is 2. The fourth-order valence-corrected chi connectivity index (χ4v) is 5.08. The van der Waals surface area contributed by atoms with E-state index in [-0.39, 0.29) is 42.4 Å². The third-order valence-electron chi connectivity index (χ3n) is 5.13. The molecule has 0 saturated carbocycles. The van der Waals surface area contributed by atoms with E-state index in [9.17, 15) is 4.79 Å². The Labute approximate surface area is 187 Å². The number of pyridine rings is 1. The number of fused-ring (bicyclic) bond motifs is 2. The number of aromatic nitrogens is 1. The average Bonchev–Trinajstić information content (AvgIpc) is 3.14. The van der Waals surface area contributed by atoms with Crippen LogP contribution in [0.1, 0.15) is 39.9 Å². The van der Waals surface area contributed by atoms with Crippen molar-refractivity contribution < 1.29 is 14.3 Å². The van der Waals surface area contributed by atoms with Crippen LogP contribution in [0.4, 0.5) is 0 Å². The number of amides is 1. The highest BCUT2D eigenvalue weighted by atomic mass is 35.5. The number of piperidine rings is 1. The highest BCUT2D eigenvalue weighted by molar-refractivity contribution is 7.14. The van der Waals surface area contributed by atoms with Crippen molar-refractivity contribution in [2.24, 2.45) is 0 Å². The van der Waals surface area contributed by atoms with Gasteiger partial charge in [0.15, 0.2) is 0 Å². The van der Waals surface area contributed by atoms with E-state index in [0.29, 0.717) is 12.3 Å². The Balaban J connectivity index is 0.00000150. The highest BCUT2D eigenvalue weighted by Gasteiger charge is 2.41. The summed E-state index contributed by atoms with van der Waals surface area (Å²) in [5.74, 6) is 0.663. The van der Waals surface area contributed by atoms with Crippen molar-refractivity contribution in [2.45, 2.75) is 37.9 Å². The molecule has 6 nitrogen and oxygen atoms in total. The maximum atomic E-state index is 12.7. The van der Waals surface area contributed by atoms with E-state index in [2.05, 4.69) is 15.6 Å². The number of nitrogens with zero attached hydrogens (tertiary/aromatic N) is 1. The summed E-state index contributed by atoms with van der Waals surface area (Å²) >= 11 is 1.59. The second-order valence-corrected chi connectivity index (χ2v) is 8.19. The summed E-state index contributed by atoms with van der Waals surface area (Å²) in [7, 11) is 0. The number of thiophene rings is 1. The zero-order valence-electron chi connectivity index (χ0n) is 16.3. The molecule has 1 fully saturated rings. The molecule has 0 radical (unpaired) electrons. The molecule has 4 heterocycles. The minimum atomic E-state index is -0.196. The normalized spacial score (nSPS) is 18.0. The number of ether oxygens (including phenoxy) is 2. The van der Waals surface area contributed by atoms with Crippen LogP contribution >= 0.6 is 36.2 Å². The molecule has 1 amide bonds. The number of nitrogens with one attached hydrogen (secondary N) is 2. The van der Waals surface area contributed by atoms with Gasteiger partial charge in [-0.1, -0.05) is 0 Å². The van der Waals surface area contributed by atoms with Crippen LogP contribution < -0.4 is 15.4 Å². The maximum absolute atomic E-state index is 12.7. The third kappa shape index (κ3) is 5.41. The van der Waals surface area contributed by atoms with Gasteiger partial charge in [-0.15, -0.1) is 36.2 Å². The van der Waals surface area contributed by atoms with Crippen LogP contribution in [-0.2, 0) is 16.8 Å². The maximum Gasteiger partial charge on any atom is 0.261 e. The standard InChI is InChI=1S/C20H25N3O3S.2ClH/c1-14(26-16-3-2-7-22-13-16)12-23-19(24)17-11-15-4-10-25-20(18(15)27-17)5-8-21-9-6-20;;/h2-3,7,11,13-14,21H,4-6,8-10,12H2,1H3,(H,23,24);2*1H. The largest absolute Gasteiger partial charge is 0.487 e. The number of hydrogen-bond acceptors (Lipinski definition) is 6. The van der Waals surface area contributed by atoms with Gasteiger partial charge in [0.25, 0.3) is 5.91 Å². The quantitative estimate of drug-likeness (QED) is 0.716. The van der Waals surface area contributed by atoms with Gasteiger partial charge < -0.3 is 20.1 Å². The van der Waals surface area contributed by atoms with E-state index in [1.165, 1.54) is 10.4 Å². The van der Waals surface area contributed by atoms with E-state index in [4.69, 9.17) is 9.47 Å². The molecule has 9 heteroatoms. The summed E-state index contributed by atoms with van der Waals surface area (Å²) < 4.78 is 12.0. The first kappa shape index (κ1) is 23.9. The molecule has 2 N–H and O–H groups in total. The monoisotopic (exact) mass is 459 g/mol. The Morgan fingerprint density at radius 1 is 1.41 bits per heavy atom. The lowest BCUT2D eigenvalue weighted by Crippen LogP contribution is -2.43. The van der Waals surface area contributed by atoms with Crippen LogP contribution in [0, 0.1) is 0 Å². The van der Waals surface area contributed by atoms with E-state index >= 15 is 0 Å². The summed E-state index contributed by atoms with van der Waals surface area (Å²) in [5.41, 5.74) is 1.08. The van der Waals surface area contributed by atoms with Gasteiger partial charge in [-0.2, -0.15) is 0 Å². The van der Waals surface area contributed by atoms with E-state index < -0.39 is 0 Å². The zero-order valence-corrected chi connectivity index (χ0v) is 18.8. The number of carbonyl (C=O) groups is 1. The molecule has 1 saturated heterocycles. The summed E-state index contributed by atoms with van der Waals surface area (Å²) in [6.45, 7) is 5.04. The molecule has 0 bridgehead atoms. The number of carbonyl (C=O) groups excluding carboxylic acids is 1. The molecule has 1 atom stereocenters. The Hall–Kier alpha value is -1.38. The highest BCUT2D eigenvalue weighted by Crippen LogP contribution is 2.44. The molecule has 0 aromatic carbocycles. The molecule has 2 aliphatic heterocycles. The summed E-state index contributed by atoms with van der Waals surface area (Å²) in [6, 6.07) is 5.74. The summed E-state index contributed by atoms with van der Waals surface area (Å²) in [5, 5.41) is 6.39. The van der Waals surface area contributed by atoms with Crippen molar-refractivity contribution in [1.29, 1.82) is 0 Å². The first-order valence-corrected chi connectivity index (χ1v) is 10.3. The van der Waals surface area contributed by atoms with Gasteiger partial charge in [-0.3, -0.25) is 9.78 Å². The predicted molar refractivity (Wildman–Crippen MR) is 119 cm³/mol. The molecule has 2 aliphatic rings. The Kier molecular flexibility index (Phi) is 8.73. The van der Waals surface area contributed by atoms with Crippen LogP contribution in [0.25, 0.3) is 0 Å². The second-order valence-electron chi connectivity index (χ2n) is 7.13. The van der Waals surface area contributed by atoms with Crippen LogP contribution in [-0.4, -0.2) is 43.2 Å². The van der Waals surface area contributed by atoms with Crippen LogP contribution in [0.3, 0.4) is 0 Å². The molecule has 160 valence electrons. The fourth-order valence-electron chi connectivity index (χ4n) is 3.75. The van der Waals surface area contributed by atoms with Crippen molar-refractivity contribution in [3.63, 3.8) is 0 Å². The van der Waals surface area contributed by atoms with Gasteiger partial charge >= 0.3 is 0 Å². The molecule has 2 aromatic heterocycles. The Bertz CT molecular complexity index is 798. The molecule has 4 rings (SSSR count). The van der Waals surface area contributed by atoms with Gasteiger partial charge in [-0.05, 0) is 63.0 Å². The summed E-state index contributed by atoms with van der Waals surface area (Å²) in [4.78, 5) is 18.7. The smallest absolute Gasteiger partial charge is 0.261 e. The van der Waals surface area contributed by atoms with Crippen molar-refractivity contribution in [1.82, 2.24) is 15.6 Å². The van der Waals surface area contributed by atoms with Gasteiger partial charge in [0.2, 0.25) is 0 Å². The van der Waals surface area contributed by atoms with Crippen molar-refractivity contribution >= 4 is 42.1 Å². The lowest BCUT2D eigenvalue weighted by Gasteiger charge is -2.40. The van der Waals surface area contributed by atoms with Crippen molar-refractivity contribution in [3.8, 4) is 5.75 Å². The zero-order chi connectivity index (χ0) is 18.7. The minimum Gasteiger partial charge on any atom is -0.487 e. The SMILES string of the molecule is CC(CNC(=O)c1cc2c(s1)C1(CCNCC1)OCC2)Oc1cccnc1.Cl.Cl. The third-order valence-corrected chi connectivity index (χ3v) is 6.49. The first-order chi connectivity index (χ1) is 13.2. The molecule has 0 aliphatic carbocycles. The van der Waals surface area contributed by atoms with E-state index in [1.807, 2.05) is 25.1 Å². The molecular weight excluding hydrogens is 433 g/mol. The molecule has 1 spiro atoms. The van der Waals surface area contributed by atoms with Crippen molar-refractivity contribution in [2.75, 3.05) is 26.2 Å². The second kappa shape index (κ2) is 10.6. The fraction of sp³-hybridized carbons (Fsp3) is 0.500. The Morgan fingerprint density at radius 2 is 2.21 bits per heavy atom. The number of hydrogen-bond donors (Lipinski definition) is 2.